The van der Waals surface area contributed by atoms with E-state index in [4.69, 9.17) is 4.98 Å². The lowest BCUT2D eigenvalue weighted by atomic mass is 10.00. The molecule has 3 nitrogen and oxygen atoms in total. The highest BCUT2D eigenvalue weighted by Gasteiger charge is 2.12. The van der Waals surface area contributed by atoms with Gasteiger partial charge in [-0.25, -0.2) is 4.98 Å². The molecule has 0 saturated carbocycles. The lowest BCUT2D eigenvalue weighted by Crippen LogP contribution is -2.19. The van der Waals surface area contributed by atoms with E-state index in [1.54, 1.807) is 0 Å². The molecule has 0 radical (unpaired) electrons. The number of hydrogen-bond donors (Lipinski definition) is 1. The molecule has 1 aromatic heterocycles. The molecule has 1 N–H and O–H groups in total. The van der Waals surface area contributed by atoms with Crippen LogP contribution in [-0.2, 0) is 0 Å². The standard InChI is InChI=1S/C28H39N3/c1-3-4-5-6-19-29-20-10-12-26-11-9-13-28(30-26)27(18-23-31-21-7-8-22-31)25-16-14-24(2)15-17-25/h9-18,29H,3-8,19-23H2,1-2H3. The molecule has 0 unspecified atom stereocenters. The van der Waals surface area contributed by atoms with Crippen LogP contribution in [0.15, 0.2) is 54.6 Å². The molecule has 2 heterocycles. The van der Waals surface area contributed by atoms with E-state index in [0.29, 0.717) is 0 Å². The molecular formula is C28H39N3. The summed E-state index contributed by atoms with van der Waals surface area (Å²) in [6.45, 7) is 9.79. The maximum absolute atomic E-state index is 4.97. The molecule has 0 amide bonds. The van der Waals surface area contributed by atoms with Crippen LogP contribution in [0.1, 0.15) is 68.0 Å². The minimum Gasteiger partial charge on any atom is -0.313 e. The van der Waals surface area contributed by atoms with E-state index in [9.17, 15) is 0 Å². The highest BCUT2D eigenvalue weighted by atomic mass is 15.1. The number of rotatable bonds is 12. The van der Waals surface area contributed by atoms with E-state index in [2.05, 4.69) is 84.8 Å². The highest BCUT2D eigenvalue weighted by molar-refractivity contribution is 5.78. The summed E-state index contributed by atoms with van der Waals surface area (Å²) in [5.74, 6) is 0. The van der Waals surface area contributed by atoms with Gasteiger partial charge in [0.2, 0.25) is 0 Å². The molecule has 0 bridgehead atoms. The van der Waals surface area contributed by atoms with Gasteiger partial charge in [0.25, 0.3) is 0 Å². The smallest absolute Gasteiger partial charge is 0.0712 e. The zero-order valence-corrected chi connectivity index (χ0v) is 19.4. The third-order valence-electron chi connectivity index (χ3n) is 5.92. The van der Waals surface area contributed by atoms with Gasteiger partial charge >= 0.3 is 0 Å². The molecule has 3 rings (SSSR count). The fourth-order valence-electron chi connectivity index (χ4n) is 4.03. The van der Waals surface area contributed by atoms with Crippen LogP contribution in [0.5, 0.6) is 0 Å². The Hall–Kier alpha value is -2.23. The molecule has 1 aromatic carbocycles. The van der Waals surface area contributed by atoms with Crippen LogP contribution >= 0.6 is 0 Å². The summed E-state index contributed by atoms with van der Waals surface area (Å²) < 4.78 is 0. The number of aromatic nitrogens is 1. The zero-order chi connectivity index (χ0) is 21.7. The summed E-state index contributed by atoms with van der Waals surface area (Å²) in [6.07, 6.45) is 14.5. The number of nitrogens with one attached hydrogen (secondary N) is 1. The summed E-state index contributed by atoms with van der Waals surface area (Å²) in [6, 6.07) is 15.2. The molecule has 0 spiro atoms. The Morgan fingerprint density at radius 3 is 2.61 bits per heavy atom. The number of benzene rings is 1. The zero-order valence-electron chi connectivity index (χ0n) is 19.4. The quantitative estimate of drug-likeness (QED) is 0.423. The molecule has 1 aliphatic heterocycles. The predicted octanol–water partition coefficient (Wildman–Crippen LogP) is 6.10. The van der Waals surface area contributed by atoms with Gasteiger partial charge in [-0.1, -0.05) is 74.2 Å². The van der Waals surface area contributed by atoms with Crippen molar-refractivity contribution in [1.29, 1.82) is 0 Å². The minimum absolute atomic E-state index is 0.896. The van der Waals surface area contributed by atoms with Crippen LogP contribution in [-0.4, -0.2) is 42.6 Å². The van der Waals surface area contributed by atoms with Crippen molar-refractivity contribution in [2.24, 2.45) is 0 Å². The first-order valence-corrected chi connectivity index (χ1v) is 12.1. The van der Waals surface area contributed by atoms with Gasteiger partial charge < -0.3 is 5.32 Å². The van der Waals surface area contributed by atoms with Gasteiger partial charge in [0.1, 0.15) is 0 Å². The minimum atomic E-state index is 0.896. The predicted molar refractivity (Wildman–Crippen MR) is 134 cm³/mol. The monoisotopic (exact) mass is 417 g/mol. The average molecular weight is 418 g/mol. The second-order valence-electron chi connectivity index (χ2n) is 8.61. The van der Waals surface area contributed by atoms with Gasteiger partial charge in [-0.2, -0.15) is 0 Å². The molecule has 1 aliphatic rings. The van der Waals surface area contributed by atoms with E-state index < -0.39 is 0 Å². The topological polar surface area (TPSA) is 28.2 Å². The van der Waals surface area contributed by atoms with Crippen molar-refractivity contribution in [2.45, 2.75) is 52.4 Å². The van der Waals surface area contributed by atoms with Crippen molar-refractivity contribution < 1.29 is 0 Å². The van der Waals surface area contributed by atoms with Gasteiger partial charge in [-0.05, 0) is 69.6 Å². The van der Waals surface area contributed by atoms with Crippen molar-refractivity contribution in [3.63, 3.8) is 0 Å². The maximum Gasteiger partial charge on any atom is 0.0712 e. The van der Waals surface area contributed by atoms with Crippen molar-refractivity contribution in [2.75, 3.05) is 32.7 Å². The largest absolute Gasteiger partial charge is 0.313 e. The first kappa shape index (κ1) is 23.4. The number of pyridine rings is 1. The van der Waals surface area contributed by atoms with Gasteiger partial charge in [0, 0.05) is 18.7 Å². The number of aryl methyl sites for hydroxylation is 1. The molecule has 2 aromatic rings. The van der Waals surface area contributed by atoms with E-state index >= 15 is 0 Å². The van der Waals surface area contributed by atoms with Gasteiger partial charge in [0.15, 0.2) is 0 Å². The summed E-state index contributed by atoms with van der Waals surface area (Å²) in [5.41, 5.74) is 5.83. The van der Waals surface area contributed by atoms with Crippen molar-refractivity contribution in [3.8, 4) is 0 Å². The van der Waals surface area contributed by atoms with Gasteiger partial charge in [-0.15, -0.1) is 0 Å². The second kappa shape index (κ2) is 13.2. The Morgan fingerprint density at radius 2 is 1.84 bits per heavy atom. The number of hydrogen-bond acceptors (Lipinski definition) is 3. The molecule has 0 aliphatic carbocycles. The molecule has 1 saturated heterocycles. The molecular weight excluding hydrogens is 378 g/mol. The van der Waals surface area contributed by atoms with Gasteiger partial charge in [0.05, 0.1) is 11.4 Å². The van der Waals surface area contributed by atoms with E-state index in [0.717, 1.165) is 31.0 Å². The number of likely N-dealkylation sites (tertiary alicyclic amines) is 1. The highest BCUT2D eigenvalue weighted by Crippen LogP contribution is 2.23. The van der Waals surface area contributed by atoms with Crippen molar-refractivity contribution in [1.82, 2.24) is 15.2 Å². The molecule has 31 heavy (non-hydrogen) atoms. The Bertz CT molecular complexity index is 830. The van der Waals surface area contributed by atoms with Crippen LogP contribution in [0.4, 0.5) is 0 Å². The molecule has 1 fully saturated rings. The van der Waals surface area contributed by atoms with Crippen molar-refractivity contribution >= 4 is 11.6 Å². The Balaban J connectivity index is 1.67. The summed E-state index contributed by atoms with van der Waals surface area (Å²) in [7, 11) is 0. The number of nitrogens with zero attached hydrogens (tertiary/aromatic N) is 2. The fraction of sp³-hybridized carbons (Fsp3) is 0.464. The van der Waals surface area contributed by atoms with Crippen LogP contribution in [0.25, 0.3) is 11.6 Å². The third kappa shape index (κ3) is 8.08. The molecule has 3 heteroatoms. The lowest BCUT2D eigenvalue weighted by Gasteiger charge is -2.14. The second-order valence-corrected chi connectivity index (χ2v) is 8.61. The molecule has 166 valence electrons. The first-order chi connectivity index (χ1) is 15.3. The van der Waals surface area contributed by atoms with Crippen LogP contribution < -0.4 is 5.32 Å². The van der Waals surface area contributed by atoms with Crippen LogP contribution in [0, 0.1) is 6.92 Å². The van der Waals surface area contributed by atoms with E-state index in [-0.39, 0.29) is 0 Å². The van der Waals surface area contributed by atoms with Crippen LogP contribution in [0.3, 0.4) is 0 Å². The normalized spacial score (nSPS) is 15.2. The fourth-order valence-corrected chi connectivity index (χ4v) is 4.03. The Labute approximate surface area is 189 Å². The Kier molecular flexibility index (Phi) is 10.0. The van der Waals surface area contributed by atoms with Crippen molar-refractivity contribution in [3.05, 3.63) is 77.1 Å². The third-order valence-corrected chi connectivity index (χ3v) is 5.92. The van der Waals surface area contributed by atoms with E-state index in [1.165, 1.54) is 68.3 Å². The number of unbranched alkanes of at least 4 members (excludes halogenated alkanes) is 3. The first-order valence-electron chi connectivity index (χ1n) is 12.1. The average Bonchev–Trinajstić information content (AvgIpc) is 3.31. The Morgan fingerprint density at radius 1 is 1.03 bits per heavy atom. The van der Waals surface area contributed by atoms with Gasteiger partial charge in [-0.3, -0.25) is 4.90 Å². The van der Waals surface area contributed by atoms with E-state index in [1.807, 2.05) is 0 Å². The summed E-state index contributed by atoms with van der Waals surface area (Å²) in [4.78, 5) is 7.51. The SMILES string of the molecule is CCCCCCNCC=Cc1cccc(C(=CCN2CCCC2)c2ccc(C)cc2)n1. The molecule has 0 atom stereocenters. The summed E-state index contributed by atoms with van der Waals surface area (Å²) in [5, 5.41) is 3.50. The summed E-state index contributed by atoms with van der Waals surface area (Å²) >= 11 is 0. The van der Waals surface area contributed by atoms with Crippen LogP contribution in [0.2, 0.25) is 0 Å². The maximum atomic E-state index is 4.97. The lowest BCUT2D eigenvalue weighted by molar-refractivity contribution is 0.377.